The molecule has 2 aromatic heterocycles. The summed E-state index contributed by atoms with van der Waals surface area (Å²) in [5.41, 5.74) is 1.03. The molecule has 112 valence electrons. The first kappa shape index (κ1) is 14.1. The first-order valence-electron chi connectivity index (χ1n) is 7.04. The van der Waals surface area contributed by atoms with Crippen LogP contribution in [0.3, 0.4) is 0 Å². The van der Waals surface area contributed by atoms with Gasteiger partial charge in [0.15, 0.2) is 0 Å². The van der Waals surface area contributed by atoms with Crippen LogP contribution in [0.25, 0.3) is 0 Å². The smallest absolute Gasteiger partial charge is 0.265 e. The molecule has 5 nitrogen and oxygen atoms in total. The first-order valence-corrected chi connectivity index (χ1v) is 7.86. The van der Waals surface area contributed by atoms with E-state index < -0.39 is 0 Å². The van der Waals surface area contributed by atoms with Crippen LogP contribution in [-0.4, -0.2) is 28.6 Å². The molecule has 0 radical (unpaired) electrons. The number of amides is 1. The van der Waals surface area contributed by atoms with Gasteiger partial charge in [-0.15, -0.1) is 11.3 Å². The molecule has 0 spiro atoms. The summed E-state index contributed by atoms with van der Waals surface area (Å²) in [6.07, 6.45) is 3.87. The maximum atomic E-state index is 12.4. The number of nitrogens with zero attached hydrogens (tertiary/aromatic N) is 2. The molecule has 2 aromatic rings. The summed E-state index contributed by atoms with van der Waals surface area (Å²) in [7, 11) is 1.60. The number of fused-ring (bicyclic) bond motifs is 1. The van der Waals surface area contributed by atoms with Gasteiger partial charge >= 0.3 is 0 Å². The number of carbonyl (C=O) groups is 1. The highest BCUT2D eigenvalue weighted by molar-refractivity contribution is 7.14. The number of aryl methyl sites for hydroxylation is 3. The van der Waals surface area contributed by atoms with Crippen molar-refractivity contribution in [3.8, 4) is 5.75 Å². The molecule has 0 bridgehead atoms. The van der Waals surface area contributed by atoms with Gasteiger partial charge in [-0.25, -0.2) is 4.98 Å². The van der Waals surface area contributed by atoms with Crippen LogP contribution in [0.5, 0.6) is 5.75 Å². The summed E-state index contributed by atoms with van der Waals surface area (Å²) in [4.78, 5) is 18.6. The van der Waals surface area contributed by atoms with Gasteiger partial charge in [0.1, 0.15) is 16.5 Å². The van der Waals surface area contributed by atoms with Crippen molar-refractivity contribution in [2.75, 3.05) is 7.11 Å². The van der Waals surface area contributed by atoms with E-state index >= 15 is 0 Å². The number of rotatable bonds is 3. The van der Waals surface area contributed by atoms with Crippen molar-refractivity contribution in [3.63, 3.8) is 0 Å². The zero-order chi connectivity index (χ0) is 15.0. The highest BCUT2D eigenvalue weighted by Crippen LogP contribution is 2.28. The number of methoxy groups -OCH3 is 1. The van der Waals surface area contributed by atoms with E-state index in [-0.39, 0.29) is 11.9 Å². The van der Waals surface area contributed by atoms with Gasteiger partial charge in [0.2, 0.25) is 0 Å². The second-order valence-corrected chi connectivity index (χ2v) is 6.67. The van der Waals surface area contributed by atoms with Gasteiger partial charge in [0.25, 0.3) is 5.91 Å². The van der Waals surface area contributed by atoms with Crippen LogP contribution in [0.2, 0.25) is 0 Å². The largest absolute Gasteiger partial charge is 0.495 e. The third kappa shape index (κ3) is 2.81. The van der Waals surface area contributed by atoms with Crippen LogP contribution in [0.15, 0.2) is 12.3 Å². The number of hydrogen-bond acceptors (Lipinski definition) is 4. The van der Waals surface area contributed by atoms with Crippen molar-refractivity contribution < 1.29 is 9.53 Å². The quantitative estimate of drug-likeness (QED) is 0.947. The minimum Gasteiger partial charge on any atom is -0.495 e. The van der Waals surface area contributed by atoms with Crippen molar-refractivity contribution in [1.82, 2.24) is 14.9 Å². The lowest BCUT2D eigenvalue weighted by Gasteiger charge is -2.24. The first-order chi connectivity index (χ1) is 10.1. The zero-order valence-electron chi connectivity index (χ0n) is 12.5. The Morgan fingerprint density at radius 3 is 3.10 bits per heavy atom. The van der Waals surface area contributed by atoms with Crippen LogP contribution in [-0.2, 0) is 13.0 Å². The summed E-state index contributed by atoms with van der Waals surface area (Å²) in [6, 6.07) is 2.04. The van der Waals surface area contributed by atoms with Crippen LogP contribution < -0.4 is 10.1 Å². The molecule has 21 heavy (non-hydrogen) atoms. The van der Waals surface area contributed by atoms with E-state index in [2.05, 4.69) is 14.9 Å². The standard InChI is InChI=1S/C15H19N3O2S/c1-9-7-18-8-11(4-5-13(18)16-9)17-15(19)14-12(20-3)6-10(2)21-14/h6-7,11H,4-5,8H2,1-3H3,(H,17,19). The normalized spacial score (nSPS) is 17.4. The third-order valence-electron chi connectivity index (χ3n) is 3.70. The molecule has 0 fully saturated rings. The number of carbonyl (C=O) groups excluding carboxylic acids is 1. The Morgan fingerprint density at radius 2 is 2.33 bits per heavy atom. The predicted octanol–water partition coefficient (Wildman–Crippen LogP) is 2.31. The highest BCUT2D eigenvalue weighted by atomic mass is 32.1. The molecule has 0 saturated carbocycles. The van der Waals surface area contributed by atoms with Gasteiger partial charge in [-0.3, -0.25) is 4.79 Å². The van der Waals surface area contributed by atoms with E-state index in [0.717, 1.165) is 35.8 Å². The minimum atomic E-state index is -0.0461. The molecule has 6 heteroatoms. The minimum absolute atomic E-state index is 0.0461. The highest BCUT2D eigenvalue weighted by Gasteiger charge is 2.23. The molecule has 1 atom stereocenters. The fraction of sp³-hybridized carbons (Fsp3) is 0.467. The van der Waals surface area contributed by atoms with E-state index in [0.29, 0.717) is 10.6 Å². The summed E-state index contributed by atoms with van der Waals surface area (Å²) in [5.74, 6) is 1.72. The molecule has 3 heterocycles. The van der Waals surface area contributed by atoms with Crippen molar-refractivity contribution in [2.24, 2.45) is 0 Å². The van der Waals surface area contributed by atoms with E-state index in [1.165, 1.54) is 11.3 Å². The molecule has 1 aliphatic heterocycles. The molecule has 1 N–H and O–H groups in total. The lowest BCUT2D eigenvalue weighted by molar-refractivity contribution is 0.0929. The van der Waals surface area contributed by atoms with Crippen molar-refractivity contribution in [3.05, 3.63) is 33.5 Å². The van der Waals surface area contributed by atoms with E-state index in [4.69, 9.17) is 4.74 Å². The van der Waals surface area contributed by atoms with Gasteiger partial charge in [-0.1, -0.05) is 0 Å². The predicted molar refractivity (Wildman–Crippen MR) is 82.1 cm³/mol. The van der Waals surface area contributed by atoms with Crippen LogP contribution in [0, 0.1) is 13.8 Å². The molecule has 1 amide bonds. The number of aromatic nitrogens is 2. The number of ether oxygens (including phenoxy) is 1. The number of imidazole rings is 1. The van der Waals surface area contributed by atoms with E-state index in [9.17, 15) is 4.79 Å². The van der Waals surface area contributed by atoms with Gasteiger partial charge in [-0.05, 0) is 26.3 Å². The monoisotopic (exact) mass is 305 g/mol. The Morgan fingerprint density at radius 1 is 1.52 bits per heavy atom. The third-order valence-corrected chi connectivity index (χ3v) is 4.73. The summed E-state index contributed by atoms with van der Waals surface area (Å²) in [5, 5.41) is 3.12. The second-order valence-electron chi connectivity index (χ2n) is 5.41. The summed E-state index contributed by atoms with van der Waals surface area (Å²) < 4.78 is 7.41. The molecule has 3 rings (SSSR count). The van der Waals surface area contributed by atoms with Crippen LogP contribution >= 0.6 is 11.3 Å². The molecular formula is C15H19N3O2S. The molecular weight excluding hydrogens is 286 g/mol. The van der Waals surface area contributed by atoms with Crippen molar-refractivity contribution in [1.29, 1.82) is 0 Å². The molecule has 1 unspecified atom stereocenters. The van der Waals surface area contributed by atoms with Gasteiger partial charge in [-0.2, -0.15) is 0 Å². The van der Waals surface area contributed by atoms with Crippen LogP contribution in [0.4, 0.5) is 0 Å². The van der Waals surface area contributed by atoms with Crippen molar-refractivity contribution in [2.45, 2.75) is 39.3 Å². The van der Waals surface area contributed by atoms with Gasteiger partial charge in [0, 0.05) is 30.1 Å². The lowest BCUT2D eigenvalue weighted by Crippen LogP contribution is -2.40. The van der Waals surface area contributed by atoms with Gasteiger partial charge < -0.3 is 14.6 Å². The SMILES string of the molecule is COc1cc(C)sc1C(=O)NC1CCc2nc(C)cn2C1. The fourth-order valence-corrected chi connectivity index (χ4v) is 3.64. The number of hydrogen-bond donors (Lipinski definition) is 1. The second kappa shape index (κ2) is 5.52. The van der Waals surface area contributed by atoms with Gasteiger partial charge in [0.05, 0.1) is 12.8 Å². The number of thiophene rings is 1. The van der Waals surface area contributed by atoms with E-state index in [1.54, 1.807) is 7.11 Å². The summed E-state index contributed by atoms with van der Waals surface area (Å²) in [6.45, 7) is 4.76. The average Bonchev–Trinajstić information content (AvgIpc) is 2.99. The Bertz CT molecular complexity index is 675. The lowest BCUT2D eigenvalue weighted by atomic mass is 10.1. The maximum Gasteiger partial charge on any atom is 0.265 e. The maximum absolute atomic E-state index is 12.4. The Kier molecular flexibility index (Phi) is 3.71. The van der Waals surface area contributed by atoms with E-state index in [1.807, 2.05) is 26.1 Å². The fourth-order valence-electron chi connectivity index (χ4n) is 2.76. The van der Waals surface area contributed by atoms with Crippen molar-refractivity contribution >= 4 is 17.2 Å². The average molecular weight is 305 g/mol. The summed E-state index contributed by atoms with van der Waals surface area (Å²) >= 11 is 1.47. The Balaban J connectivity index is 1.71. The molecule has 1 aliphatic rings. The topological polar surface area (TPSA) is 56.1 Å². The molecule has 0 aliphatic carbocycles. The Labute approximate surface area is 128 Å². The number of nitrogens with one attached hydrogen (secondary N) is 1. The molecule has 0 saturated heterocycles. The zero-order valence-corrected chi connectivity index (χ0v) is 13.3. The molecule has 0 aromatic carbocycles. The van der Waals surface area contributed by atoms with Crippen LogP contribution in [0.1, 0.15) is 32.5 Å². The Hall–Kier alpha value is -1.82.